The topological polar surface area (TPSA) is 75.5 Å². The Kier molecular flexibility index (Phi) is 4.62. The number of hydrogen-bond acceptors (Lipinski definition) is 4. The van der Waals surface area contributed by atoms with E-state index >= 15 is 0 Å². The number of furan rings is 1. The summed E-state index contributed by atoms with van der Waals surface area (Å²) in [5.41, 5.74) is 0.286. The molecule has 0 radical (unpaired) electrons. The Morgan fingerprint density at radius 1 is 1.39 bits per heavy atom. The van der Waals surface area contributed by atoms with Crippen molar-refractivity contribution in [2.75, 3.05) is 19.7 Å². The van der Waals surface area contributed by atoms with Gasteiger partial charge < -0.3 is 19.0 Å². The van der Waals surface area contributed by atoms with Crippen LogP contribution >= 0.6 is 0 Å². The summed E-state index contributed by atoms with van der Waals surface area (Å²) < 4.78 is 10.8. The highest BCUT2D eigenvalue weighted by Crippen LogP contribution is 2.17. The maximum Gasteiger partial charge on any atom is 0.261 e. The minimum atomic E-state index is -0.408. The maximum atomic E-state index is 12.6. The Bertz CT molecular complexity index is 714. The van der Waals surface area contributed by atoms with E-state index in [2.05, 4.69) is 4.98 Å². The standard InChI is InChI=1S/C17H20N2O4/c1-2-19(11-12-5-3-9-22-12)17(21)13-7-8-14(18-16(13)20)15-6-4-10-23-15/h4,6-8,10,12H,2-3,5,9,11H2,1H3,(H,18,20)/t12-/m0/s1. The van der Waals surface area contributed by atoms with E-state index in [1.54, 1.807) is 29.2 Å². The predicted octanol–water partition coefficient (Wildman–Crippen LogP) is 2.28. The van der Waals surface area contributed by atoms with Crippen LogP contribution < -0.4 is 5.56 Å². The molecule has 1 aliphatic rings. The number of carbonyl (C=O) groups excluding carboxylic acids is 1. The lowest BCUT2D eigenvalue weighted by atomic mass is 10.1. The number of rotatable bonds is 5. The Morgan fingerprint density at radius 3 is 2.87 bits per heavy atom. The molecule has 0 spiro atoms. The molecule has 1 atom stereocenters. The Hall–Kier alpha value is -2.34. The molecular weight excluding hydrogens is 296 g/mol. The number of carbonyl (C=O) groups is 1. The molecule has 6 heteroatoms. The van der Waals surface area contributed by atoms with Crippen LogP contribution in [0.25, 0.3) is 11.5 Å². The zero-order valence-corrected chi connectivity index (χ0v) is 13.1. The number of aromatic amines is 1. The van der Waals surface area contributed by atoms with Crippen molar-refractivity contribution < 1.29 is 13.9 Å². The summed E-state index contributed by atoms with van der Waals surface area (Å²) in [6.45, 7) is 3.71. The van der Waals surface area contributed by atoms with Gasteiger partial charge in [-0.3, -0.25) is 9.59 Å². The largest absolute Gasteiger partial charge is 0.463 e. The van der Waals surface area contributed by atoms with E-state index in [0.29, 0.717) is 24.5 Å². The summed E-state index contributed by atoms with van der Waals surface area (Å²) in [6.07, 6.45) is 3.58. The van der Waals surface area contributed by atoms with Crippen LogP contribution in [0.5, 0.6) is 0 Å². The number of pyridine rings is 1. The van der Waals surface area contributed by atoms with E-state index in [1.807, 2.05) is 6.92 Å². The number of ether oxygens (including phenoxy) is 1. The summed E-state index contributed by atoms with van der Waals surface area (Å²) in [5.74, 6) is 0.294. The second-order valence-electron chi connectivity index (χ2n) is 5.57. The van der Waals surface area contributed by atoms with Crippen LogP contribution in [-0.4, -0.2) is 41.6 Å². The molecule has 23 heavy (non-hydrogen) atoms. The number of hydrogen-bond donors (Lipinski definition) is 1. The van der Waals surface area contributed by atoms with Crippen LogP contribution in [-0.2, 0) is 4.74 Å². The third kappa shape index (κ3) is 3.37. The Balaban J connectivity index is 1.79. The van der Waals surface area contributed by atoms with Gasteiger partial charge in [0.15, 0.2) is 0 Å². The molecule has 3 heterocycles. The summed E-state index contributed by atoms with van der Waals surface area (Å²) in [4.78, 5) is 29.2. The molecule has 2 aromatic heterocycles. The molecule has 122 valence electrons. The zero-order valence-electron chi connectivity index (χ0n) is 13.1. The van der Waals surface area contributed by atoms with Crippen molar-refractivity contribution in [1.29, 1.82) is 0 Å². The first-order valence-electron chi connectivity index (χ1n) is 7.87. The van der Waals surface area contributed by atoms with Gasteiger partial charge in [-0.25, -0.2) is 0 Å². The lowest BCUT2D eigenvalue weighted by molar-refractivity contribution is 0.0538. The molecule has 0 aliphatic carbocycles. The van der Waals surface area contributed by atoms with Crippen LogP contribution in [0.4, 0.5) is 0 Å². The maximum absolute atomic E-state index is 12.6. The van der Waals surface area contributed by atoms with Gasteiger partial charge in [-0.15, -0.1) is 0 Å². The van der Waals surface area contributed by atoms with Crippen LogP contribution in [0.1, 0.15) is 30.1 Å². The number of nitrogens with zero attached hydrogens (tertiary/aromatic N) is 1. The lowest BCUT2D eigenvalue weighted by Gasteiger charge is -2.23. The van der Waals surface area contributed by atoms with Crippen molar-refractivity contribution in [2.45, 2.75) is 25.9 Å². The van der Waals surface area contributed by atoms with Crippen molar-refractivity contribution in [2.24, 2.45) is 0 Å². The van der Waals surface area contributed by atoms with Gasteiger partial charge in [0, 0.05) is 19.7 Å². The average Bonchev–Trinajstić information content (AvgIpc) is 3.25. The van der Waals surface area contributed by atoms with Crippen molar-refractivity contribution >= 4 is 5.91 Å². The molecular formula is C17H20N2O4. The molecule has 1 N–H and O–H groups in total. The molecule has 1 fully saturated rings. The van der Waals surface area contributed by atoms with E-state index in [9.17, 15) is 9.59 Å². The first kappa shape index (κ1) is 15.6. The van der Waals surface area contributed by atoms with E-state index in [-0.39, 0.29) is 17.6 Å². The van der Waals surface area contributed by atoms with Crippen LogP contribution in [0.15, 0.2) is 39.7 Å². The Labute approximate surface area is 134 Å². The second kappa shape index (κ2) is 6.83. The third-order valence-corrected chi connectivity index (χ3v) is 4.04. The summed E-state index contributed by atoms with van der Waals surface area (Å²) in [6, 6.07) is 6.74. The fourth-order valence-corrected chi connectivity index (χ4v) is 2.78. The van der Waals surface area contributed by atoms with E-state index in [4.69, 9.17) is 9.15 Å². The van der Waals surface area contributed by atoms with Crippen molar-refractivity contribution in [3.05, 3.63) is 46.4 Å². The first-order chi connectivity index (χ1) is 11.2. The number of aromatic nitrogens is 1. The SMILES string of the molecule is CCN(C[C@@H]1CCCO1)C(=O)c1ccc(-c2ccco2)[nH]c1=O. The summed E-state index contributed by atoms with van der Waals surface area (Å²) in [5, 5.41) is 0. The van der Waals surface area contributed by atoms with Crippen molar-refractivity contribution in [3.63, 3.8) is 0 Å². The van der Waals surface area contributed by atoms with Gasteiger partial charge in [-0.05, 0) is 44.0 Å². The highest BCUT2D eigenvalue weighted by Gasteiger charge is 2.24. The van der Waals surface area contributed by atoms with Crippen molar-refractivity contribution in [1.82, 2.24) is 9.88 Å². The number of H-pyrrole nitrogens is 1. The quantitative estimate of drug-likeness (QED) is 0.918. The first-order valence-corrected chi connectivity index (χ1v) is 7.87. The predicted molar refractivity (Wildman–Crippen MR) is 85.3 cm³/mol. The van der Waals surface area contributed by atoms with E-state index < -0.39 is 5.56 Å². The normalized spacial score (nSPS) is 17.3. The molecule has 1 amide bonds. The Morgan fingerprint density at radius 2 is 2.26 bits per heavy atom. The lowest BCUT2D eigenvalue weighted by Crippen LogP contribution is -2.39. The molecule has 1 saturated heterocycles. The number of likely N-dealkylation sites (N-methyl/N-ethyl adjacent to an activating group) is 1. The zero-order chi connectivity index (χ0) is 16.2. The molecule has 0 aromatic carbocycles. The summed E-state index contributed by atoms with van der Waals surface area (Å²) >= 11 is 0. The average molecular weight is 316 g/mol. The van der Waals surface area contributed by atoms with Gasteiger partial charge in [-0.2, -0.15) is 0 Å². The van der Waals surface area contributed by atoms with Gasteiger partial charge in [0.1, 0.15) is 11.3 Å². The highest BCUT2D eigenvalue weighted by molar-refractivity contribution is 5.94. The minimum absolute atomic E-state index is 0.0698. The molecule has 6 nitrogen and oxygen atoms in total. The number of amides is 1. The minimum Gasteiger partial charge on any atom is -0.463 e. The van der Waals surface area contributed by atoms with Gasteiger partial charge in [0.05, 0.1) is 18.1 Å². The molecule has 0 saturated carbocycles. The van der Waals surface area contributed by atoms with Crippen LogP contribution in [0.2, 0.25) is 0 Å². The molecule has 0 unspecified atom stereocenters. The summed E-state index contributed by atoms with van der Waals surface area (Å²) in [7, 11) is 0. The fourth-order valence-electron chi connectivity index (χ4n) is 2.78. The third-order valence-electron chi connectivity index (χ3n) is 4.04. The molecule has 3 rings (SSSR count). The number of nitrogens with one attached hydrogen (secondary N) is 1. The molecule has 0 bridgehead atoms. The van der Waals surface area contributed by atoms with Gasteiger partial charge >= 0.3 is 0 Å². The fraction of sp³-hybridized carbons (Fsp3) is 0.412. The second-order valence-corrected chi connectivity index (χ2v) is 5.57. The smallest absolute Gasteiger partial charge is 0.261 e. The van der Waals surface area contributed by atoms with Gasteiger partial charge in [0.25, 0.3) is 11.5 Å². The molecule has 1 aliphatic heterocycles. The van der Waals surface area contributed by atoms with Crippen LogP contribution in [0.3, 0.4) is 0 Å². The van der Waals surface area contributed by atoms with E-state index in [0.717, 1.165) is 19.4 Å². The van der Waals surface area contributed by atoms with Gasteiger partial charge in [0.2, 0.25) is 0 Å². The van der Waals surface area contributed by atoms with Gasteiger partial charge in [-0.1, -0.05) is 0 Å². The highest BCUT2D eigenvalue weighted by atomic mass is 16.5. The van der Waals surface area contributed by atoms with Crippen LogP contribution in [0, 0.1) is 0 Å². The molecule has 2 aromatic rings. The van der Waals surface area contributed by atoms with Crippen molar-refractivity contribution in [3.8, 4) is 11.5 Å². The van der Waals surface area contributed by atoms with E-state index in [1.165, 1.54) is 6.26 Å². The monoisotopic (exact) mass is 316 g/mol.